The van der Waals surface area contributed by atoms with Crippen molar-refractivity contribution in [3.8, 4) is 0 Å². The van der Waals surface area contributed by atoms with E-state index in [2.05, 4.69) is 32.6 Å². The van der Waals surface area contributed by atoms with Crippen molar-refractivity contribution in [1.82, 2.24) is 0 Å². The van der Waals surface area contributed by atoms with Crippen LogP contribution in [0.5, 0.6) is 0 Å². The lowest BCUT2D eigenvalue weighted by Crippen LogP contribution is -1.85. The van der Waals surface area contributed by atoms with Crippen molar-refractivity contribution in [2.45, 2.75) is 27.2 Å². The van der Waals surface area contributed by atoms with Gasteiger partial charge in [-0.05, 0) is 24.7 Å². The lowest BCUT2D eigenvalue weighted by atomic mass is 10.1. The predicted octanol–water partition coefficient (Wildman–Crippen LogP) is 3.16. The third kappa shape index (κ3) is 1.73. The molecule has 1 fully saturated rings. The Kier molecular flexibility index (Phi) is 1.72. The van der Waals surface area contributed by atoms with Crippen LogP contribution in [0.1, 0.15) is 27.2 Å². The second-order valence-electron chi connectivity index (χ2n) is 4.00. The van der Waals surface area contributed by atoms with Gasteiger partial charge in [0, 0.05) is 0 Å². The van der Waals surface area contributed by atoms with Gasteiger partial charge in [0.15, 0.2) is 0 Å². The summed E-state index contributed by atoms with van der Waals surface area (Å²) in [6.45, 7) is 10.5. The molecule has 0 aromatic heterocycles. The van der Waals surface area contributed by atoms with Crippen LogP contribution in [0.15, 0.2) is 24.3 Å². The molecular weight excluding hydrogens is 120 g/mol. The molecule has 56 valence electrons. The molecule has 0 aliphatic heterocycles. The van der Waals surface area contributed by atoms with Crippen LogP contribution in [0.2, 0.25) is 0 Å². The van der Waals surface area contributed by atoms with Gasteiger partial charge in [0.1, 0.15) is 0 Å². The van der Waals surface area contributed by atoms with Gasteiger partial charge in [0.2, 0.25) is 0 Å². The van der Waals surface area contributed by atoms with Crippen molar-refractivity contribution in [3.63, 3.8) is 0 Å². The molecule has 0 saturated heterocycles. The van der Waals surface area contributed by atoms with Crippen LogP contribution in [-0.4, -0.2) is 0 Å². The minimum atomic E-state index is 0.575. The van der Waals surface area contributed by atoms with Crippen molar-refractivity contribution in [3.05, 3.63) is 24.3 Å². The summed E-state index contributed by atoms with van der Waals surface area (Å²) in [4.78, 5) is 0. The summed E-state index contributed by atoms with van der Waals surface area (Å²) in [5.41, 5.74) is 1.73. The smallest absolute Gasteiger partial charge is 0.0173 e. The normalized spacial score (nSPS) is 28.9. The van der Waals surface area contributed by atoms with Crippen molar-refractivity contribution in [1.29, 1.82) is 0 Å². The Morgan fingerprint density at radius 3 is 2.40 bits per heavy atom. The number of hydrogen-bond donors (Lipinski definition) is 0. The number of hydrogen-bond acceptors (Lipinski definition) is 0. The molecule has 0 aromatic rings. The van der Waals surface area contributed by atoms with Gasteiger partial charge >= 0.3 is 0 Å². The molecular formula is C10H16. The van der Waals surface area contributed by atoms with Gasteiger partial charge in [-0.15, -0.1) is 0 Å². The molecule has 0 N–H and O–H groups in total. The molecule has 0 heteroatoms. The highest BCUT2D eigenvalue weighted by Crippen LogP contribution is 2.52. The molecule has 0 nitrogen and oxygen atoms in total. The maximum absolute atomic E-state index is 3.82. The Hall–Kier alpha value is -0.520. The molecule has 1 aliphatic carbocycles. The van der Waals surface area contributed by atoms with Crippen LogP contribution < -0.4 is 0 Å². The second kappa shape index (κ2) is 2.26. The summed E-state index contributed by atoms with van der Waals surface area (Å²) in [5.74, 6) is 0.809. The number of rotatable bonds is 2. The first kappa shape index (κ1) is 7.59. The predicted molar refractivity (Wildman–Crippen MR) is 45.8 cm³/mol. The van der Waals surface area contributed by atoms with E-state index < -0.39 is 0 Å². The van der Waals surface area contributed by atoms with E-state index in [1.807, 2.05) is 6.92 Å². The standard InChI is InChI=1S/C10H16/c1-8(2)5-6-9-7-10(9,3)4/h5-6,9H,1,7H2,2-4H3/b6-5-/t9-/m0/s1. The first-order valence-corrected chi connectivity index (χ1v) is 3.86. The minimum Gasteiger partial charge on any atom is -0.0961 e. The van der Waals surface area contributed by atoms with E-state index in [0.29, 0.717) is 5.41 Å². The highest BCUT2D eigenvalue weighted by molar-refractivity contribution is 5.17. The zero-order valence-electron chi connectivity index (χ0n) is 7.15. The third-order valence-corrected chi connectivity index (χ3v) is 2.20. The topological polar surface area (TPSA) is 0 Å². The van der Waals surface area contributed by atoms with E-state index in [1.54, 1.807) is 0 Å². The molecule has 0 heterocycles. The number of allylic oxidation sites excluding steroid dienone is 3. The largest absolute Gasteiger partial charge is 0.0961 e. The van der Waals surface area contributed by atoms with E-state index >= 15 is 0 Å². The SMILES string of the molecule is C=C(C)/C=C\[C@H]1CC1(C)C. The zero-order chi connectivity index (χ0) is 7.78. The summed E-state index contributed by atoms with van der Waals surface area (Å²) in [7, 11) is 0. The molecule has 0 unspecified atom stereocenters. The van der Waals surface area contributed by atoms with E-state index in [4.69, 9.17) is 0 Å². The van der Waals surface area contributed by atoms with Crippen LogP contribution >= 0.6 is 0 Å². The van der Waals surface area contributed by atoms with Gasteiger partial charge in [-0.2, -0.15) is 0 Å². The van der Waals surface area contributed by atoms with Gasteiger partial charge in [0.25, 0.3) is 0 Å². The van der Waals surface area contributed by atoms with E-state index in [0.717, 1.165) is 11.5 Å². The summed E-state index contributed by atoms with van der Waals surface area (Å²) in [6.07, 6.45) is 5.75. The Labute approximate surface area is 63.6 Å². The summed E-state index contributed by atoms with van der Waals surface area (Å²) >= 11 is 0. The monoisotopic (exact) mass is 136 g/mol. The molecule has 0 bridgehead atoms. The molecule has 0 radical (unpaired) electrons. The van der Waals surface area contributed by atoms with Crippen molar-refractivity contribution >= 4 is 0 Å². The fourth-order valence-electron chi connectivity index (χ4n) is 1.12. The van der Waals surface area contributed by atoms with Crippen LogP contribution in [0.25, 0.3) is 0 Å². The average Bonchev–Trinajstić information content (AvgIpc) is 2.35. The molecule has 1 atom stereocenters. The molecule has 0 aromatic carbocycles. The maximum Gasteiger partial charge on any atom is -0.0173 e. The van der Waals surface area contributed by atoms with Gasteiger partial charge < -0.3 is 0 Å². The van der Waals surface area contributed by atoms with Crippen LogP contribution in [-0.2, 0) is 0 Å². The Bertz CT molecular complexity index is 172. The highest BCUT2D eigenvalue weighted by Gasteiger charge is 2.43. The quantitative estimate of drug-likeness (QED) is 0.511. The van der Waals surface area contributed by atoms with Crippen molar-refractivity contribution < 1.29 is 0 Å². The van der Waals surface area contributed by atoms with Crippen LogP contribution in [0, 0.1) is 11.3 Å². The van der Waals surface area contributed by atoms with Gasteiger partial charge in [-0.1, -0.05) is 38.2 Å². The van der Waals surface area contributed by atoms with Gasteiger partial charge in [0.05, 0.1) is 0 Å². The molecule has 1 saturated carbocycles. The molecule has 10 heavy (non-hydrogen) atoms. The van der Waals surface area contributed by atoms with Crippen molar-refractivity contribution in [2.24, 2.45) is 11.3 Å². The van der Waals surface area contributed by atoms with E-state index in [-0.39, 0.29) is 0 Å². The van der Waals surface area contributed by atoms with Crippen LogP contribution in [0.4, 0.5) is 0 Å². The average molecular weight is 136 g/mol. The second-order valence-corrected chi connectivity index (χ2v) is 4.00. The fraction of sp³-hybridized carbons (Fsp3) is 0.600. The summed E-state index contributed by atoms with van der Waals surface area (Å²) in [5, 5.41) is 0. The first-order valence-electron chi connectivity index (χ1n) is 3.86. The van der Waals surface area contributed by atoms with Crippen molar-refractivity contribution in [2.75, 3.05) is 0 Å². The van der Waals surface area contributed by atoms with Crippen LogP contribution in [0.3, 0.4) is 0 Å². The fourth-order valence-corrected chi connectivity index (χ4v) is 1.12. The molecule has 1 aliphatic rings. The maximum atomic E-state index is 3.82. The first-order chi connectivity index (χ1) is 4.52. The van der Waals surface area contributed by atoms with Gasteiger partial charge in [-0.25, -0.2) is 0 Å². The molecule has 0 amide bonds. The Morgan fingerprint density at radius 2 is 2.10 bits per heavy atom. The Balaban J connectivity index is 2.37. The molecule has 1 rings (SSSR count). The highest BCUT2D eigenvalue weighted by atomic mass is 14.5. The summed E-state index contributed by atoms with van der Waals surface area (Å²) in [6, 6.07) is 0. The van der Waals surface area contributed by atoms with E-state index in [9.17, 15) is 0 Å². The Morgan fingerprint density at radius 1 is 1.60 bits per heavy atom. The molecule has 0 spiro atoms. The summed E-state index contributed by atoms with van der Waals surface area (Å²) < 4.78 is 0. The van der Waals surface area contributed by atoms with E-state index in [1.165, 1.54) is 6.42 Å². The minimum absolute atomic E-state index is 0.575. The zero-order valence-corrected chi connectivity index (χ0v) is 7.15. The third-order valence-electron chi connectivity index (χ3n) is 2.20. The lowest BCUT2D eigenvalue weighted by molar-refractivity contribution is 0.610. The van der Waals surface area contributed by atoms with Gasteiger partial charge in [-0.3, -0.25) is 0 Å². The lowest BCUT2D eigenvalue weighted by Gasteiger charge is -1.95.